The Balaban J connectivity index is 2.90. The first kappa shape index (κ1) is 16.9. The predicted octanol–water partition coefficient (Wildman–Crippen LogP) is 0.225. The van der Waals surface area contributed by atoms with Gasteiger partial charge in [-0.2, -0.15) is 0 Å². The lowest BCUT2D eigenvalue weighted by Crippen LogP contribution is -2.43. The van der Waals surface area contributed by atoms with E-state index in [-0.39, 0.29) is 11.4 Å². The molecule has 0 aliphatic heterocycles. The summed E-state index contributed by atoms with van der Waals surface area (Å²) in [6, 6.07) is 2.92. The summed E-state index contributed by atoms with van der Waals surface area (Å²) < 4.78 is 48.3. The molecule has 1 aromatic heterocycles. The molecule has 0 spiro atoms. The first-order valence-corrected chi connectivity index (χ1v) is 9.20. The highest BCUT2D eigenvalue weighted by molar-refractivity contribution is 7.92. The Morgan fingerprint density at radius 3 is 2.20 bits per heavy atom. The Morgan fingerprint density at radius 2 is 1.80 bits per heavy atom. The third kappa shape index (κ3) is 3.90. The van der Waals surface area contributed by atoms with E-state index in [2.05, 4.69) is 15.0 Å². The highest BCUT2D eigenvalue weighted by Gasteiger charge is 2.31. The zero-order chi connectivity index (χ0) is 15.6. The summed E-state index contributed by atoms with van der Waals surface area (Å²) in [5, 5.41) is 2.78. The Labute approximate surface area is 119 Å². The number of hydrogen-bond acceptors (Lipinski definition) is 6. The smallest absolute Gasteiger partial charge is 0.242 e. The average molecular weight is 321 g/mol. The quantitative estimate of drug-likeness (QED) is 0.777. The molecule has 0 atom stereocenters. The number of aromatic nitrogens is 1. The van der Waals surface area contributed by atoms with Crippen LogP contribution in [0.1, 0.15) is 13.8 Å². The SMILES string of the molecule is CNc1ccc(S(=O)(=O)NCC(C)(C)S(C)(=O)=O)cn1. The third-order valence-electron chi connectivity index (χ3n) is 2.99. The van der Waals surface area contributed by atoms with Crippen LogP contribution < -0.4 is 10.0 Å². The standard InChI is InChI=1S/C11H19N3O4S2/c1-11(2,19(4,15)16)8-14-20(17,18)9-5-6-10(12-3)13-7-9/h5-7,14H,8H2,1-4H3,(H,12,13). The second kappa shape index (κ2) is 5.66. The second-order valence-corrected chi connectivity index (χ2v) is 9.40. The largest absolute Gasteiger partial charge is 0.373 e. The van der Waals surface area contributed by atoms with Gasteiger partial charge in [0.1, 0.15) is 10.7 Å². The molecule has 7 nitrogen and oxygen atoms in total. The second-order valence-electron chi connectivity index (χ2n) is 4.99. The van der Waals surface area contributed by atoms with Crippen molar-refractivity contribution in [2.45, 2.75) is 23.5 Å². The van der Waals surface area contributed by atoms with Gasteiger partial charge in [-0.25, -0.2) is 26.5 Å². The van der Waals surface area contributed by atoms with Crippen molar-refractivity contribution in [3.8, 4) is 0 Å². The highest BCUT2D eigenvalue weighted by atomic mass is 32.2. The van der Waals surface area contributed by atoms with Crippen molar-refractivity contribution in [2.24, 2.45) is 0 Å². The van der Waals surface area contributed by atoms with Gasteiger partial charge in [0.2, 0.25) is 10.0 Å². The molecule has 2 N–H and O–H groups in total. The van der Waals surface area contributed by atoms with Crippen LogP contribution in [0.4, 0.5) is 5.82 Å². The number of sulfone groups is 1. The number of nitrogens with zero attached hydrogens (tertiary/aromatic N) is 1. The molecule has 0 radical (unpaired) electrons. The molecular weight excluding hydrogens is 302 g/mol. The van der Waals surface area contributed by atoms with E-state index in [4.69, 9.17) is 0 Å². The fourth-order valence-electron chi connectivity index (χ4n) is 1.17. The lowest BCUT2D eigenvalue weighted by molar-refractivity contribution is 0.537. The maximum Gasteiger partial charge on any atom is 0.242 e. The Hall–Kier alpha value is -1.19. The molecule has 0 saturated carbocycles. The van der Waals surface area contributed by atoms with Gasteiger partial charge in [-0.15, -0.1) is 0 Å². The van der Waals surface area contributed by atoms with Gasteiger partial charge in [-0.3, -0.25) is 0 Å². The van der Waals surface area contributed by atoms with Gasteiger partial charge >= 0.3 is 0 Å². The number of hydrogen-bond donors (Lipinski definition) is 2. The van der Waals surface area contributed by atoms with E-state index in [0.29, 0.717) is 5.82 Å². The molecule has 0 aliphatic rings. The molecule has 9 heteroatoms. The van der Waals surface area contributed by atoms with Crippen LogP contribution in [-0.4, -0.2) is 46.4 Å². The Kier molecular flexibility index (Phi) is 4.78. The van der Waals surface area contributed by atoms with Gasteiger partial charge in [-0.05, 0) is 26.0 Å². The summed E-state index contributed by atoms with van der Waals surface area (Å²) in [4.78, 5) is 3.89. The first-order valence-electron chi connectivity index (χ1n) is 5.83. The van der Waals surface area contributed by atoms with Gasteiger partial charge in [0.25, 0.3) is 0 Å². The fourth-order valence-corrected chi connectivity index (χ4v) is 2.75. The molecule has 20 heavy (non-hydrogen) atoms. The van der Waals surface area contributed by atoms with Crippen LogP contribution in [0, 0.1) is 0 Å². The zero-order valence-electron chi connectivity index (χ0n) is 11.8. The van der Waals surface area contributed by atoms with Gasteiger partial charge < -0.3 is 5.32 Å². The molecule has 1 rings (SSSR count). The van der Waals surface area contributed by atoms with Crippen molar-refractivity contribution in [3.63, 3.8) is 0 Å². The monoisotopic (exact) mass is 321 g/mol. The summed E-state index contributed by atoms with van der Waals surface area (Å²) in [5.41, 5.74) is 0. The van der Waals surface area contributed by atoms with E-state index in [1.54, 1.807) is 7.05 Å². The number of rotatable bonds is 6. The van der Waals surface area contributed by atoms with Crippen molar-refractivity contribution >= 4 is 25.7 Å². The van der Waals surface area contributed by atoms with Crippen LogP contribution in [0.5, 0.6) is 0 Å². The molecule has 0 unspecified atom stereocenters. The van der Waals surface area contributed by atoms with Crippen molar-refractivity contribution < 1.29 is 16.8 Å². The molecular formula is C11H19N3O4S2. The maximum atomic E-state index is 12.0. The number of pyridine rings is 1. The van der Waals surface area contributed by atoms with Gasteiger partial charge in [0.15, 0.2) is 9.84 Å². The zero-order valence-corrected chi connectivity index (χ0v) is 13.5. The number of nitrogens with one attached hydrogen (secondary N) is 2. The van der Waals surface area contributed by atoms with Crippen LogP contribution >= 0.6 is 0 Å². The van der Waals surface area contributed by atoms with Crippen LogP contribution in [0.2, 0.25) is 0 Å². The lowest BCUT2D eigenvalue weighted by Gasteiger charge is -2.22. The first-order chi connectivity index (χ1) is 8.99. The van der Waals surface area contributed by atoms with E-state index in [0.717, 1.165) is 6.26 Å². The molecule has 0 fully saturated rings. The maximum absolute atomic E-state index is 12.0. The van der Waals surface area contributed by atoms with Crippen LogP contribution in [0.3, 0.4) is 0 Å². The molecule has 0 bridgehead atoms. The van der Waals surface area contributed by atoms with E-state index >= 15 is 0 Å². The van der Waals surface area contributed by atoms with E-state index in [1.165, 1.54) is 32.2 Å². The molecule has 114 valence electrons. The number of anilines is 1. The van der Waals surface area contributed by atoms with Gasteiger partial charge in [0, 0.05) is 26.0 Å². The molecule has 1 aromatic rings. The predicted molar refractivity (Wildman–Crippen MR) is 77.9 cm³/mol. The normalized spacial score (nSPS) is 13.2. The molecule has 0 aliphatic carbocycles. The molecule has 1 heterocycles. The van der Waals surface area contributed by atoms with Crippen molar-refractivity contribution in [3.05, 3.63) is 18.3 Å². The van der Waals surface area contributed by atoms with Gasteiger partial charge in [0.05, 0.1) is 4.75 Å². The molecule has 0 aromatic carbocycles. The Bertz CT molecular complexity index is 664. The minimum atomic E-state index is -3.78. The van der Waals surface area contributed by atoms with E-state index in [9.17, 15) is 16.8 Å². The minimum Gasteiger partial charge on any atom is -0.373 e. The van der Waals surface area contributed by atoms with Crippen LogP contribution in [0.15, 0.2) is 23.2 Å². The van der Waals surface area contributed by atoms with E-state index < -0.39 is 24.6 Å². The minimum absolute atomic E-state index is 0.0131. The summed E-state index contributed by atoms with van der Waals surface area (Å²) in [6.45, 7) is 2.72. The van der Waals surface area contributed by atoms with Crippen molar-refractivity contribution in [1.82, 2.24) is 9.71 Å². The lowest BCUT2D eigenvalue weighted by atomic mass is 10.2. The summed E-state index contributed by atoms with van der Waals surface area (Å²) in [7, 11) is -5.48. The topological polar surface area (TPSA) is 105 Å². The summed E-state index contributed by atoms with van der Waals surface area (Å²) >= 11 is 0. The fraction of sp³-hybridized carbons (Fsp3) is 0.545. The Morgan fingerprint density at radius 1 is 1.20 bits per heavy atom. The average Bonchev–Trinajstić information content (AvgIpc) is 2.35. The van der Waals surface area contributed by atoms with Crippen molar-refractivity contribution in [2.75, 3.05) is 25.2 Å². The molecule has 0 saturated heterocycles. The van der Waals surface area contributed by atoms with Gasteiger partial charge in [-0.1, -0.05) is 0 Å². The summed E-state index contributed by atoms with van der Waals surface area (Å²) in [5.74, 6) is 0.542. The number of sulfonamides is 1. The molecule has 0 amide bonds. The highest BCUT2D eigenvalue weighted by Crippen LogP contribution is 2.16. The summed E-state index contributed by atoms with van der Waals surface area (Å²) in [6.07, 6.45) is 2.28. The van der Waals surface area contributed by atoms with Crippen molar-refractivity contribution in [1.29, 1.82) is 0 Å². The van der Waals surface area contributed by atoms with Crippen LogP contribution in [-0.2, 0) is 19.9 Å². The van der Waals surface area contributed by atoms with Crippen LogP contribution in [0.25, 0.3) is 0 Å². The van der Waals surface area contributed by atoms with E-state index in [1.807, 2.05) is 0 Å². The third-order valence-corrected chi connectivity index (χ3v) is 6.53.